The largest absolute Gasteiger partial charge is 0.358 e. The summed E-state index contributed by atoms with van der Waals surface area (Å²) in [5.74, 6) is -0.805. The molecule has 1 saturated heterocycles. The summed E-state index contributed by atoms with van der Waals surface area (Å²) in [6.45, 7) is 2.33. The lowest BCUT2D eigenvalue weighted by Crippen LogP contribution is -2.55. The molecule has 1 atom stereocenters. The minimum absolute atomic E-state index is 0.0419. The molecule has 1 amide bonds. The SMILES string of the molecule is C[C@@H]1CN(C(=O)c2ccccc2)CCN1S(=O)(=O)c1c[nH]c2c(-n3nccn3)ccc(F)c12. The predicted octanol–water partition coefficient (Wildman–Crippen LogP) is 2.42. The number of hydrogen-bond acceptors (Lipinski definition) is 5. The maximum atomic E-state index is 14.8. The second-order valence-electron chi connectivity index (χ2n) is 7.87. The minimum atomic E-state index is -4.04. The van der Waals surface area contributed by atoms with Crippen molar-refractivity contribution in [3.63, 3.8) is 0 Å². The molecular weight excluding hydrogens is 447 g/mol. The second-order valence-corrected chi connectivity index (χ2v) is 9.73. The highest BCUT2D eigenvalue weighted by atomic mass is 32.2. The summed E-state index contributed by atoms with van der Waals surface area (Å²) in [7, 11) is -4.04. The van der Waals surface area contributed by atoms with E-state index in [4.69, 9.17) is 0 Å². The van der Waals surface area contributed by atoms with Gasteiger partial charge in [0.2, 0.25) is 10.0 Å². The van der Waals surface area contributed by atoms with Crippen LogP contribution in [0.3, 0.4) is 0 Å². The Morgan fingerprint density at radius 2 is 1.82 bits per heavy atom. The molecule has 0 unspecified atom stereocenters. The first-order valence-corrected chi connectivity index (χ1v) is 11.8. The highest BCUT2D eigenvalue weighted by Crippen LogP contribution is 2.32. The molecule has 2 aromatic heterocycles. The Morgan fingerprint density at radius 1 is 1.09 bits per heavy atom. The number of sulfonamides is 1. The molecule has 1 aliphatic heterocycles. The first kappa shape index (κ1) is 21.3. The van der Waals surface area contributed by atoms with Gasteiger partial charge in [0.25, 0.3) is 5.91 Å². The number of carbonyl (C=O) groups excluding carboxylic acids is 1. The molecule has 0 spiro atoms. The van der Waals surface area contributed by atoms with Crippen LogP contribution in [-0.2, 0) is 10.0 Å². The number of fused-ring (bicyclic) bond motifs is 1. The number of H-pyrrole nitrogens is 1. The van der Waals surface area contributed by atoms with Crippen LogP contribution in [0.25, 0.3) is 16.6 Å². The number of benzene rings is 2. The molecule has 9 nitrogen and oxygen atoms in total. The number of aromatic amines is 1. The van der Waals surface area contributed by atoms with E-state index in [-0.39, 0.29) is 41.3 Å². The molecule has 1 fully saturated rings. The smallest absolute Gasteiger partial charge is 0.253 e. The van der Waals surface area contributed by atoms with Gasteiger partial charge in [0.05, 0.1) is 23.3 Å². The second kappa shape index (κ2) is 8.09. The van der Waals surface area contributed by atoms with Crippen LogP contribution in [0.5, 0.6) is 0 Å². The van der Waals surface area contributed by atoms with Crippen LogP contribution < -0.4 is 0 Å². The van der Waals surface area contributed by atoms with Gasteiger partial charge in [-0.05, 0) is 31.2 Å². The van der Waals surface area contributed by atoms with Gasteiger partial charge in [-0.3, -0.25) is 4.79 Å². The number of nitrogens with one attached hydrogen (secondary N) is 1. The lowest BCUT2D eigenvalue weighted by molar-refractivity contribution is 0.0642. The monoisotopic (exact) mass is 468 g/mol. The molecule has 1 N–H and O–H groups in total. The molecular formula is C22H21FN6O3S. The molecule has 2 aromatic carbocycles. The number of rotatable bonds is 4. The third kappa shape index (κ3) is 3.58. The lowest BCUT2D eigenvalue weighted by Gasteiger charge is -2.38. The van der Waals surface area contributed by atoms with Crippen molar-refractivity contribution >= 4 is 26.8 Å². The Morgan fingerprint density at radius 3 is 2.52 bits per heavy atom. The summed E-state index contributed by atoms with van der Waals surface area (Å²) in [4.78, 5) is 18.5. The molecule has 0 bridgehead atoms. The zero-order chi connectivity index (χ0) is 23.2. The van der Waals surface area contributed by atoms with Gasteiger partial charge in [-0.15, -0.1) is 4.80 Å². The fourth-order valence-electron chi connectivity index (χ4n) is 4.25. The third-order valence-corrected chi connectivity index (χ3v) is 7.86. The Kier molecular flexibility index (Phi) is 5.22. The Balaban J connectivity index is 1.46. The molecule has 33 heavy (non-hydrogen) atoms. The molecule has 0 radical (unpaired) electrons. The summed E-state index contributed by atoms with van der Waals surface area (Å²) in [5, 5.41) is 8.07. The Labute approximate surface area is 189 Å². The number of nitrogens with zero attached hydrogens (tertiary/aromatic N) is 5. The van der Waals surface area contributed by atoms with Crippen LogP contribution in [0, 0.1) is 5.82 Å². The fraction of sp³-hybridized carbons (Fsp3) is 0.227. The van der Waals surface area contributed by atoms with Crippen LogP contribution in [0.1, 0.15) is 17.3 Å². The maximum absolute atomic E-state index is 14.8. The van der Waals surface area contributed by atoms with Crippen molar-refractivity contribution in [3.8, 4) is 5.69 Å². The molecule has 0 aliphatic carbocycles. The van der Waals surface area contributed by atoms with E-state index in [1.54, 1.807) is 36.1 Å². The summed E-state index contributed by atoms with van der Waals surface area (Å²) < 4.78 is 43.3. The van der Waals surface area contributed by atoms with Gasteiger partial charge < -0.3 is 9.88 Å². The number of carbonyl (C=O) groups is 1. The topological polar surface area (TPSA) is 104 Å². The Hall–Kier alpha value is -3.57. The van der Waals surface area contributed by atoms with Gasteiger partial charge >= 0.3 is 0 Å². The van der Waals surface area contributed by atoms with Gasteiger partial charge in [0.1, 0.15) is 16.4 Å². The molecule has 5 rings (SSSR count). The van der Waals surface area contributed by atoms with Crippen molar-refractivity contribution in [1.82, 2.24) is 29.2 Å². The summed E-state index contributed by atoms with van der Waals surface area (Å²) in [6.07, 6.45) is 4.26. The predicted molar refractivity (Wildman–Crippen MR) is 119 cm³/mol. The average Bonchev–Trinajstić information content (AvgIpc) is 3.50. The molecule has 170 valence electrons. The number of halogens is 1. The number of hydrogen-bond donors (Lipinski definition) is 1. The quantitative estimate of drug-likeness (QED) is 0.495. The summed E-state index contributed by atoms with van der Waals surface area (Å²) >= 11 is 0. The van der Waals surface area contributed by atoms with Gasteiger partial charge in [0, 0.05) is 37.4 Å². The van der Waals surface area contributed by atoms with E-state index < -0.39 is 21.9 Å². The summed E-state index contributed by atoms with van der Waals surface area (Å²) in [6, 6.07) is 11.1. The van der Waals surface area contributed by atoms with E-state index in [0.29, 0.717) is 11.3 Å². The van der Waals surface area contributed by atoms with E-state index in [1.165, 1.54) is 39.8 Å². The van der Waals surface area contributed by atoms with E-state index >= 15 is 0 Å². The van der Waals surface area contributed by atoms with Crippen molar-refractivity contribution < 1.29 is 17.6 Å². The first-order chi connectivity index (χ1) is 15.9. The molecule has 11 heteroatoms. The molecule has 1 aliphatic rings. The molecule has 3 heterocycles. The van der Waals surface area contributed by atoms with Crippen molar-refractivity contribution in [2.75, 3.05) is 19.6 Å². The lowest BCUT2D eigenvalue weighted by atomic mass is 10.1. The van der Waals surface area contributed by atoms with Crippen LogP contribution in [0.4, 0.5) is 4.39 Å². The highest BCUT2D eigenvalue weighted by Gasteiger charge is 2.37. The van der Waals surface area contributed by atoms with Crippen LogP contribution in [-0.4, -0.2) is 69.2 Å². The number of aromatic nitrogens is 4. The first-order valence-electron chi connectivity index (χ1n) is 10.4. The highest BCUT2D eigenvalue weighted by molar-refractivity contribution is 7.89. The van der Waals surface area contributed by atoms with Gasteiger partial charge in [0.15, 0.2) is 0 Å². The van der Waals surface area contributed by atoms with Crippen LogP contribution >= 0.6 is 0 Å². The van der Waals surface area contributed by atoms with Crippen molar-refractivity contribution in [2.24, 2.45) is 0 Å². The number of piperazine rings is 1. The standard InChI is InChI=1S/C22H21FN6O3S/c1-15-14-27(22(30)16-5-3-2-4-6-16)11-12-28(15)33(31,32)19-13-24-21-18(29-25-9-10-26-29)8-7-17(23)20(19)21/h2-10,13,15,24H,11-12,14H2,1H3/t15-/m1/s1. The van der Waals surface area contributed by atoms with Crippen LogP contribution in [0.15, 0.2) is 66.0 Å². The van der Waals surface area contributed by atoms with Crippen molar-refractivity contribution in [3.05, 3.63) is 72.4 Å². The normalized spacial score (nSPS) is 17.5. The van der Waals surface area contributed by atoms with E-state index in [1.807, 2.05) is 6.07 Å². The van der Waals surface area contributed by atoms with E-state index in [0.717, 1.165) is 0 Å². The van der Waals surface area contributed by atoms with Crippen molar-refractivity contribution in [2.45, 2.75) is 17.9 Å². The zero-order valence-corrected chi connectivity index (χ0v) is 18.5. The van der Waals surface area contributed by atoms with Crippen molar-refractivity contribution in [1.29, 1.82) is 0 Å². The zero-order valence-electron chi connectivity index (χ0n) is 17.7. The van der Waals surface area contributed by atoms with E-state index in [9.17, 15) is 17.6 Å². The van der Waals surface area contributed by atoms with Crippen LogP contribution in [0.2, 0.25) is 0 Å². The fourth-order valence-corrected chi connectivity index (χ4v) is 6.03. The third-order valence-electron chi connectivity index (χ3n) is 5.82. The van der Waals surface area contributed by atoms with Gasteiger partial charge in [-0.2, -0.15) is 14.5 Å². The summed E-state index contributed by atoms with van der Waals surface area (Å²) in [5.41, 5.74) is 1.28. The minimum Gasteiger partial charge on any atom is -0.358 e. The number of amides is 1. The van der Waals surface area contributed by atoms with Gasteiger partial charge in [-0.1, -0.05) is 18.2 Å². The average molecular weight is 469 g/mol. The van der Waals surface area contributed by atoms with Gasteiger partial charge in [-0.25, -0.2) is 12.8 Å². The molecule has 4 aromatic rings. The Bertz CT molecular complexity index is 1420. The maximum Gasteiger partial charge on any atom is 0.253 e. The van der Waals surface area contributed by atoms with E-state index in [2.05, 4.69) is 15.2 Å². The molecule has 0 saturated carbocycles.